The number of hydrogen-bond donors (Lipinski definition) is 1. The van der Waals surface area contributed by atoms with Gasteiger partial charge in [0.25, 0.3) is 0 Å². The maximum Gasteiger partial charge on any atom is 0.216 e. The van der Waals surface area contributed by atoms with Crippen LogP contribution in [0.4, 0.5) is 0 Å². The molecule has 0 saturated heterocycles. The zero-order valence-electron chi connectivity index (χ0n) is 20.9. The number of nitrogens with zero attached hydrogens (tertiary/aromatic N) is 2. The van der Waals surface area contributed by atoms with Gasteiger partial charge in [-0.05, 0) is 68.4 Å². The maximum atomic E-state index is 11.6. The average molecular weight is 469 g/mol. The summed E-state index contributed by atoms with van der Waals surface area (Å²) in [5.74, 6) is 0.703. The molecule has 1 N–H and O–H groups in total. The van der Waals surface area contributed by atoms with E-state index < -0.39 is 5.60 Å². The van der Waals surface area contributed by atoms with Gasteiger partial charge >= 0.3 is 0 Å². The third-order valence-corrected chi connectivity index (χ3v) is 7.39. The third-order valence-electron chi connectivity index (χ3n) is 7.39. The summed E-state index contributed by atoms with van der Waals surface area (Å²) < 4.78 is 5.78. The Morgan fingerprint density at radius 1 is 0.829 bits per heavy atom. The van der Waals surface area contributed by atoms with Crippen molar-refractivity contribution < 1.29 is 9.84 Å². The highest BCUT2D eigenvalue weighted by atomic mass is 16.5. The molecule has 0 amide bonds. The van der Waals surface area contributed by atoms with Crippen LogP contribution in [-0.2, 0) is 23.4 Å². The lowest BCUT2D eigenvalue weighted by atomic mass is 9.77. The highest BCUT2D eigenvalue weighted by Crippen LogP contribution is 2.39. The molecule has 1 aliphatic heterocycles. The zero-order chi connectivity index (χ0) is 24.3. The second-order valence-electron chi connectivity index (χ2n) is 10.7. The predicted molar refractivity (Wildman–Crippen MR) is 141 cm³/mol. The van der Waals surface area contributed by atoms with Crippen LogP contribution in [0.15, 0.2) is 89.9 Å². The van der Waals surface area contributed by atoms with E-state index in [4.69, 9.17) is 4.74 Å². The molecule has 1 aliphatic carbocycles. The average Bonchev–Trinajstić information content (AvgIpc) is 3.25. The monoisotopic (exact) mass is 468 g/mol. The second kappa shape index (κ2) is 9.96. The lowest BCUT2D eigenvalue weighted by molar-refractivity contribution is -0.0277. The lowest BCUT2D eigenvalue weighted by Crippen LogP contribution is -2.42. The van der Waals surface area contributed by atoms with Gasteiger partial charge in [0.15, 0.2) is 0 Å². The summed E-state index contributed by atoms with van der Waals surface area (Å²) in [6.07, 6.45) is 3.48. The number of benzene rings is 3. The number of aliphatic hydroxyl groups is 1. The molecule has 1 heterocycles. The number of aliphatic imine (C=N–C) groups is 1. The molecule has 3 aromatic carbocycles. The summed E-state index contributed by atoms with van der Waals surface area (Å²) in [5, 5.41) is 11.6. The van der Waals surface area contributed by atoms with E-state index in [1.165, 1.54) is 11.1 Å². The minimum atomic E-state index is -0.780. The van der Waals surface area contributed by atoms with Crippen molar-refractivity contribution in [2.45, 2.75) is 69.8 Å². The first kappa shape index (κ1) is 23.8. The topological polar surface area (TPSA) is 45.1 Å². The first-order valence-electron chi connectivity index (χ1n) is 12.8. The summed E-state index contributed by atoms with van der Waals surface area (Å²) in [5.41, 5.74) is 3.69. The van der Waals surface area contributed by atoms with Gasteiger partial charge in [0.2, 0.25) is 5.90 Å². The highest BCUT2D eigenvalue weighted by molar-refractivity contribution is 5.95. The molecule has 0 atom stereocenters. The Bertz CT molecular complexity index is 1090. The zero-order valence-corrected chi connectivity index (χ0v) is 20.9. The number of ether oxygens (including phenoxy) is 1. The molecular weight excluding hydrogens is 432 g/mol. The minimum Gasteiger partial charge on any atom is -0.475 e. The second-order valence-corrected chi connectivity index (χ2v) is 10.7. The summed E-state index contributed by atoms with van der Waals surface area (Å²) in [6.45, 7) is 6.61. The van der Waals surface area contributed by atoms with Crippen molar-refractivity contribution in [3.63, 3.8) is 0 Å². The van der Waals surface area contributed by atoms with Crippen LogP contribution >= 0.6 is 0 Å². The summed E-state index contributed by atoms with van der Waals surface area (Å²) >= 11 is 0. The summed E-state index contributed by atoms with van der Waals surface area (Å²) in [7, 11) is 0. The lowest BCUT2D eigenvalue weighted by Gasteiger charge is -2.41. The van der Waals surface area contributed by atoms with E-state index in [2.05, 4.69) is 96.5 Å². The number of hydrogen-bond acceptors (Lipinski definition) is 4. The molecule has 0 bridgehead atoms. The number of rotatable bonds is 7. The Balaban J connectivity index is 1.28. The first-order valence-corrected chi connectivity index (χ1v) is 12.8. The molecule has 1 fully saturated rings. The van der Waals surface area contributed by atoms with Crippen LogP contribution in [0.3, 0.4) is 0 Å². The molecule has 4 nitrogen and oxygen atoms in total. The van der Waals surface area contributed by atoms with Gasteiger partial charge < -0.3 is 9.84 Å². The van der Waals surface area contributed by atoms with Crippen molar-refractivity contribution in [2.75, 3.05) is 6.61 Å². The van der Waals surface area contributed by atoms with Gasteiger partial charge in [0.05, 0.1) is 11.1 Å². The maximum absolute atomic E-state index is 11.6. The molecular formula is C31H36N2O2. The third kappa shape index (κ3) is 5.66. The van der Waals surface area contributed by atoms with Crippen molar-refractivity contribution in [2.24, 2.45) is 4.99 Å². The van der Waals surface area contributed by atoms with Crippen LogP contribution in [0.1, 0.15) is 61.8 Å². The molecule has 5 rings (SSSR count). The normalized spacial score (nSPS) is 23.7. The molecule has 0 aromatic heterocycles. The van der Waals surface area contributed by atoms with Crippen molar-refractivity contribution in [3.05, 3.63) is 107 Å². The van der Waals surface area contributed by atoms with Crippen LogP contribution in [0.5, 0.6) is 0 Å². The Labute approximate surface area is 209 Å². The Morgan fingerprint density at radius 3 is 1.86 bits per heavy atom. The van der Waals surface area contributed by atoms with Crippen molar-refractivity contribution >= 4 is 5.90 Å². The Hall–Kier alpha value is -2.95. The van der Waals surface area contributed by atoms with Crippen LogP contribution in [0.2, 0.25) is 0 Å². The van der Waals surface area contributed by atoms with Crippen molar-refractivity contribution in [3.8, 4) is 0 Å². The van der Waals surface area contributed by atoms with Gasteiger partial charge in [0.1, 0.15) is 6.61 Å². The Kier molecular flexibility index (Phi) is 6.77. The quantitative estimate of drug-likeness (QED) is 0.457. The van der Waals surface area contributed by atoms with E-state index in [1.54, 1.807) is 0 Å². The molecule has 1 saturated carbocycles. The van der Waals surface area contributed by atoms with Crippen molar-refractivity contribution in [1.82, 2.24) is 4.90 Å². The summed E-state index contributed by atoms with van der Waals surface area (Å²) in [4.78, 5) is 7.26. The predicted octanol–water partition coefficient (Wildman–Crippen LogP) is 6.07. The molecule has 0 unspecified atom stereocenters. The van der Waals surface area contributed by atoms with E-state index in [9.17, 15) is 5.11 Å². The first-order chi connectivity index (χ1) is 16.9. The minimum absolute atomic E-state index is 0.171. The van der Waals surface area contributed by atoms with Crippen LogP contribution in [-0.4, -0.2) is 34.1 Å². The highest BCUT2D eigenvalue weighted by Gasteiger charge is 2.37. The Morgan fingerprint density at radius 2 is 1.37 bits per heavy atom. The van der Waals surface area contributed by atoms with E-state index in [1.807, 2.05) is 12.1 Å². The van der Waals surface area contributed by atoms with E-state index >= 15 is 0 Å². The van der Waals surface area contributed by atoms with Crippen LogP contribution in [0, 0.1) is 0 Å². The fourth-order valence-electron chi connectivity index (χ4n) is 5.34. The largest absolute Gasteiger partial charge is 0.475 e. The van der Waals surface area contributed by atoms with Crippen molar-refractivity contribution in [1.29, 1.82) is 0 Å². The molecule has 4 heteroatoms. The molecule has 0 radical (unpaired) electrons. The van der Waals surface area contributed by atoms with Gasteiger partial charge in [-0.1, -0.05) is 72.8 Å². The van der Waals surface area contributed by atoms with Gasteiger partial charge in [0, 0.05) is 24.7 Å². The standard InChI is InChI=1S/C31H36N2O2/c1-30(2)23-35-29(32-30)26-13-15-27(16-14-26)31(34)19-17-28(18-20-31)33(21-24-9-5-3-6-10-24)22-25-11-7-4-8-12-25/h3-16,28,34H,17-23H2,1-2H3. The van der Waals surface area contributed by atoms with Crippen LogP contribution < -0.4 is 0 Å². The molecule has 0 spiro atoms. The molecule has 35 heavy (non-hydrogen) atoms. The van der Waals surface area contributed by atoms with E-state index in [-0.39, 0.29) is 5.54 Å². The summed E-state index contributed by atoms with van der Waals surface area (Å²) in [6, 6.07) is 30.1. The fraction of sp³-hybridized carbons (Fsp3) is 0.387. The fourth-order valence-corrected chi connectivity index (χ4v) is 5.34. The van der Waals surface area contributed by atoms with Crippen LogP contribution in [0.25, 0.3) is 0 Å². The molecule has 3 aromatic rings. The smallest absolute Gasteiger partial charge is 0.216 e. The van der Waals surface area contributed by atoms with Gasteiger partial charge in [-0.25, -0.2) is 4.99 Å². The molecule has 182 valence electrons. The van der Waals surface area contributed by atoms with Gasteiger partial charge in [-0.3, -0.25) is 4.90 Å². The van der Waals surface area contributed by atoms with E-state index in [0.29, 0.717) is 18.5 Å². The van der Waals surface area contributed by atoms with E-state index in [0.717, 1.165) is 49.9 Å². The van der Waals surface area contributed by atoms with Gasteiger partial charge in [-0.15, -0.1) is 0 Å². The molecule has 2 aliphatic rings. The van der Waals surface area contributed by atoms with Gasteiger partial charge in [-0.2, -0.15) is 0 Å². The SMILES string of the molecule is CC1(C)COC(c2ccc(C3(O)CCC(N(Cc4ccccc4)Cc4ccccc4)CC3)cc2)=N1.